The molecule has 0 spiro atoms. The number of methoxy groups -OCH3 is 1. The van der Waals surface area contributed by atoms with E-state index in [-0.39, 0.29) is 5.56 Å². The maximum absolute atomic E-state index is 13.6. The molecule has 7 heteroatoms. The van der Waals surface area contributed by atoms with Crippen LogP contribution in [-0.4, -0.2) is 22.7 Å². The molecule has 0 amide bonds. The number of nitrogens with one attached hydrogen (secondary N) is 1. The Bertz CT molecular complexity index is 1540. The summed E-state index contributed by atoms with van der Waals surface area (Å²) < 4.78 is 7.39. The van der Waals surface area contributed by atoms with E-state index >= 15 is 0 Å². The number of aryl methyl sites for hydroxylation is 1. The van der Waals surface area contributed by atoms with E-state index in [1.54, 1.807) is 40.7 Å². The molecule has 1 aliphatic carbocycles. The summed E-state index contributed by atoms with van der Waals surface area (Å²) >= 11 is 3.46. The maximum Gasteiger partial charge on any atom is 0.262 e. The van der Waals surface area contributed by atoms with Crippen molar-refractivity contribution in [2.24, 2.45) is 0 Å². The van der Waals surface area contributed by atoms with Crippen molar-refractivity contribution in [2.45, 2.75) is 38.4 Å². The average molecular weight is 488 g/mol. The first-order chi connectivity index (χ1) is 16.7. The van der Waals surface area contributed by atoms with Gasteiger partial charge in [-0.2, -0.15) is 0 Å². The molecule has 5 aromatic rings. The fourth-order valence-corrected chi connectivity index (χ4v) is 6.90. The SMILES string of the molecule is COc1ccc2ccccc2c1Cn1cnc2sc3c(c2c1=O)CCC(NCc1cccs1)C3. The van der Waals surface area contributed by atoms with Gasteiger partial charge in [0, 0.05) is 27.9 Å². The Morgan fingerprint density at radius 1 is 1.18 bits per heavy atom. The van der Waals surface area contributed by atoms with E-state index in [1.165, 1.54) is 15.3 Å². The Labute approximate surface area is 205 Å². The Balaban J connectivity index is 1.33. The maximum atomic E-state index is 13.6. The van der Waals surface area contributed by atoms with Crippen LogP contribution in [0.4, 0.5) is 0 Å². The normalized spacial score (nSPS) is 15.6. The number of hydrogen-bond donors (Lipinski definition) is 1. The zero-order valence-electron chi connectivity index (χ0n) is 18.9. The summed E-state index contributed by atoms with van der Waals surface area (Å²) in [5.41, 5.74) is 2.25. The van der Waals surface area contributed by atoms with Crippen molar-refractivity contribution in [3.8, 4) is 5.75 Å². The summed E-state index contributed by atoms with van der Waals surface area (Å²) in [6.45, 7) is 1.34. The van der Waals surface area contributed by atoms with Crippen LogP contribution in [0, 0.1) is 0 Å². The summed E-state index contributed by atoms with van der Waals surface area (Å²) in [6.07, 6.45) is 4.60. The molecule has 1 aliphatic rings. The monoisotopic (exact) mass is 487 g/mol. The van der Waals surface area contributed by atoms with Crippen LogP contribution in [-0.2, 0) is 25.9 Å². The minimum absolute atomic E-state index is 0.0440. The van der Waals surface area contributed by atoms with Gasteiger partial charge in [-0.05, 0) is 53.1 Å². The molecule has 1 unspecified atom stereocenters. The summed E-state index contributed by atoms with van der Waals surface area (Å²) in [6, 6.07) is 16.9. The summed E-state index contributed by atoms with van der Waals surface area (Å²) in [7, 11) is 1.68. The van der Waals surface area contributed by atoms with Gasteiger partial charge in [-0.15, -0.1) is 22.7 Å². The molecule has 0 saturated carbocycles. The zero-order chi connectivity index (χ0) is 23.1. The lowest BCUT2D eigenvalue weighted by atomic mass is 9.93. The highest BCUT2D eigenvalue weighted by molar-refractivity contribution is 7.18. The molecule has 172 valence electrons. The number of rotatable bonds is 6. The van der Waals surface area contributed by atoms with Gasteiger partial charge in [-0.1, -0.05) is 36.4 Å². The molecule has 5 nitrogen and oxygen atoms in total. The number of aromatic nitrogens is 2. The first-order valence-corrected chi connectivity index (χ1v) is 13.2. The number of fused-ring (bicyclic) bond motifs is 4. The van der Waals surface area contributed by atoms with Crippen molar-refractivity contribution in [2.75, 3.05) is 7.11 Å². The number of nitrogens with zero attached hydrogens (tertiary/aromatic N) is 2. The van der Waals surface area contributed by atoms with Crippen LogP contribution in [0.2, 0.25) is 0 Å². The smallest absolute Gasteiger partial charge is 0.262 e. The quantitative estimate of drug-likeness (QED) is 0.350. The molecule has 6 rings (SSSR count). The molecular formula is C27H25N3O2S2. The van der Waals surface area contributed by atoms with Crippen LogP contribution in [0.1, 0.15) is 27.3 Å². The molecule has 3 aromatic heterocycles. The van der Waals surface area contributed by atoms with Gasteiger partial charge in [-0.25, -0.2) is 4.98 Å². The first kappa shape index (κ1) is 21.5. The van der Waals surface area contributed by atoms with E-state index in [4.69, 9.17) is 9.72 Å². The minimum atomic E-state index is 0.0440. The Hall–Kier alpha value is -3.00. The molecule has 1 atom stereocenters. The molecule has 0 aliphatic heterocycles. The summed E-state index contributed by atoms with van der Waals surface area (Å²) in [5, 5.41) is 8.85. The molecule has 34 heavy (non-hydrogen) atoms. The third-order valence-corrected chi connectivity index (χ3v) is 8.77. The van der Waals surface area contributed by atoms with Crippen LogP contribution >= 0.6 is 22.7 Å². The third kappa shape index (κ3) is 3.83. The Morgan fingerprint density at radius 3 is 2.94 bits per heavy atom. The second kappa shape index (κ2) is 8.98. The van der Waals surface area contributed by atoms with Crippen molar-refractivity contribution >= 4 is 43.7 Å². The van der Waals surface area contributed by atoms with Gasteiger partial charge in [0.2, 0.25) is 0 Å². The van der Waals surface area contributed by atoms with Gasteiger partial charge in [-0.3, -0.25) is 9.36 Å². The van der Waals surface area contributed by atoms with Crippen LogP contribution in [0.15, 0.2) is 65.0 Å². The lowest BCUT2D eigenvalue weighted by Gasteiger charge is -2.23. The van der Waals surface area contributed by atoms with E-state index in [2.05, 4.69) is 41.0 Å². The fourth-order valence-electron chi connectivity index (χ4n) is 4.99. The number of benzene rings is 2. The molecule has 1 N–H and O–H groups in total. The van der Waals surface area contributed by atoms with Crippen LogP contribution in [0.5, 0.6) is 5.75 Å². The van der Waals surface area contributed by atoms with Gasteiger partial charge in [0.15, 0.2) is 0 Å². The Morgan fingerprint density at radius 2 is 2.09 bits per heavy atom. The average Bonchev–Trinajstić information content (AvgIpc) is 3.52. The van der Waals surface area contributed by atoms with Gasteiger partial charge >= 0.3 is 0 Å². The highest BCUT2D eigenvalue weighted by atomic mass is 32.1. The highest BCUT2D eigenvalue weighted by Crippen LogP contribution is 2.34. The van der Waals surface area contributed by atoms with Crippen LogP contribution in [0.25, 0.3) is 21.0 Å². The second-order valence-electron chi connectivity index (χ2n) is 8.73. The minimum Gasteiger partial charge on any atom is -0.496 e. The highest BCUT2D eigenvalue weighted by Gasteiger charge is 2.25. The van der Waals surface area contributed by atoms with E-state index in [9.17, 15) is 4.79 Å². The van der Waals surface area contributed by atoms with Crippen molar-refractivity contribution < 1.29 is 4.74 Å². The largest absolute Gasteiger partial charge is 0.496 e. The molecular weight excluding hydrogens is 462 g/mol. The predicted octanol–water partition coefficient (Wildman–Crippen LogP) is 5.38. The van der Waals surface area contributed by atoms with Crippen molar-refractivity contribution in [3.05, 3.63) is 91.5 Å². The first-order valence-electron chi connectivity index (χ1n) is 11.5. The summed E-state index contributed by atoms with van der Waals surface area (Å²) in [5.74, 6) is 0.790. The number of ether oxygens (including phenoxy) is 1. The van der Waals surface area contributed by atoms with Gasteiger partial charge < -0.3 is 10.1 Å². The lowest BCUT2D eigenvalue weighted by molar-refractivity contribution is 0.409. The predicted molar refractivity (Wildman–Crippen MR) is 140 cm³/mol. The van der Waals surface area contributed by atoms with Gasteiger partial charge in [0.1, 0.15) is 10.6 Å². The lowest BCUT2D eigenvalue weighted by Crippen LogP contribution is -2.33. The van der Waals surface area contributed by atoms with E-state index in [0.29, 0.717) is 12.6 Å². The Kier molecular flexibility index (Phi) is 5.69. The van der Waals surface area contributed by atoms with Gasteiger partial charge in [0.05, 0.1) is 25.4 Å². The van der Waals surface area contributed by atoms with Crippen molar-refractivity contribution in [3.63, 3.8) is 0 Å². The van der Waals surface area contributed by atoms with Gasteiger partial charge in [0.25, 0.3) is 5.56 Å². The van der Waals surface area contributed by atoms with Crippen molar-refractivity contribution in [1.29, 1.82) is 0 Å². The van der Waals surface area contributed by atoms with E-state index < -0.39 is 0 Å². The van der Waals surface area contributed by atoms with Crippen LogP contribution < -0.4 is 15.6 Å². The molecule has 0 saturated heterocycles. The molecule has 2 aromatic carbocycles. The standard InChI is InChI=1S/C27H25N3O2S2/c1-32-23-11-8-17-5-2-3-7-20(17)22(23)15-30-16-29-26-25(27(30)31)21-10-9-18(13-24(21)34-26)28-14-19-6-4-12-33-19/h2-8,11-12,16,18,28H,9-10,13-15H2,1H3. The number of thiophene rings is 2. The van der Waals surface area contributed by atoms with E-state index in [0.717, 1.165) is 58.1 Å². The van der Waals surface area contributed by atoms with E-state index in [1.807, 2.05) is 18.2 Å². The zero-order valence-corrected chi connectivity index (χ0v) is 20.5. The second-order valence-corrected chi connectivity index (χ2v) is 10.8. The molecule has 0 fully saturated rings. The molecule has 0 radical (unpaired) electrons. The summed E-state index contributed by atoms with van der Waals surface area (Å²) in [4.78, 5) is 21.9. The third-order valence-electron chi connectivity index (χ3n) is 6.73. The fraction of sp³-hybridized carbons (Fsp3) is 0.259. The molecule has 0 bridgehead atoms. The molecule has 3 heterocycles. The van der Waals surface area contributed by atoms with Crippen molar-refractivity contribution in [1.82, 2.24) is 14.9 Å². The number of hydrogen-bond acceptors (Lipinski definition) is 6. The van der Waals surface area contributed by atoms with Crippen LogP contribution in [0.3, 0.4) is 0 Å². The topological polar surface area (TPSA) is 56.2 Å².